The maximum Gasteiger partial charge on any atom is 0.306 e. The van der Waals surface area contributed by atoms with Crippen LogP contribution >= 0.6 is 0 Å². The summed E-state index contributed by atoms with van der Waals surface area (Å²) in [6, 6.07) is 0. The van der Waals surface area contributed by atoms with Gasteiger partial charge in [-0.2, -0.15) is 0 Å². The predicted octanol–water partition coefficient (Wildman–Crippen LogP) is 20.2. The molecule has 0 aromatic carbocycles. The molecule has 0 radical (unpaired) electrons. The van der Waals surface area contributed by atoms with Crippen molar-refractivity contribution in [1.82, 2.24) is 0 Å². The minimum atomic E-state index is -0.811. The maximum atomic E-state index is 12.8. The van der Waals surface area contributed by atoms with Crippen molar-refractivity contribution in [3.63, 3.8) is 0 Å². The van der Waals surface area contributed by atoms with E-state index in [9.17, 15) is 14.4 Å². The molecule has 6 heteroatoms. The Kier molecular flexibility index (Phi) is 55.8. The average Bonchev–Trinajstić information content (AvgIpc) is 3.36. The Balaban J connectivity index is 4.19. The molecule has 0 bridgehead atoms. The summed E-state index contributed by atoms with van der Waals surface area (Å²) < 4.78 is 16.7. The van der Waals surface area contributed by atoms with Gasteiger partial charge in [0.05, 0.1) is 0 Å². The van der Waals surface area contributed by atoms with E-state index in [1.54, 1.807) is 0 Å². The number of rotatable bonds is 54. The Labute approximate surface area is 433 Å². The molecule has 0 saturated carbocycles. The highest BCUT2D eigenvalue weighted by Crippen LogP contribution is 2.17. The zero-order valence-corrected chi connectivity index (χ0v) is 46.3. The number of esters is 3. The second-order valence-electron chi connectivity index (χ2n) is 19.9. The Bertz CT molecular complexity index is 1310. The van der Waals surface area contributed by atoms with E-state index in [4.69, 9.17) is 14.2 Å². The van der Waals surface area contributed by atoms with Gasteiger partial charge in [-0.05, 0) is 57.8 Å². The fraction of sp³-hybridized carbons (Fsp3) is 0.766. The van der Waals surface area contributed by atoms with Gasteiger partial charge < -0.3 is 14.2 Å². The molecular formula is C64H112O6. The summed E-state index contributed by atoms with van der Waals surface area (Å²) in [5.41, 5.74) is 0. The van der Waals surface area contributed by atoms with Gasteiger partial charge in [0.2, 0.25) is 0 Å². The molecule has 0 aromatic heterocycles. The van der Waals surface area contributed by atoms with Crippen LogP contribution in [-0.2, 0) is 28.6 Å². The topological polar surface area (TPSA) is 78.9 Å². The van der Waals surface area contributed by atoms with E-state index in [0.29, 0.717) is 19.3 Å². The van der Waals surface area contributed by atoms with E-state index in [0.717, 1.165) is 77.0 Å². The number of carbonyl (C=O) groups excluding carboxylic acids is 3. The van der Waals surface area contributed by atoms with E-state index >= 15 is 0 Å². The maximum absolute atomic E-state index is 12.8. The highest BCUT2D eigenvalue weighted by molar-refractivity contribution is 5.71. The van der Waals surface area contributed by atoms with Crippen molar-refractivity contribution in [3.05, 3.63) is 72.9 Å². The molecule has 404 valence electrons. The smallest absolute Gasteiger partial charge is 0.306 e. The molecule has 1 unspecified atom stereocenters. The quantitative estimate of drug-likeness (QED) is 0.0261. The van der Waals surface area contributed by atoms with Crippen LogP contribution in [0.15, 0.2) is 72.9 Å². The van der Waals surface area contributed by atoms with Gasteiger partial charge in [0, 0.05) is 19.3 Å². The second kappa shape index (κ2) is 58.4. The van der Waals surface area contributed by atoms with Crippen LogP contribution in [0.25, 0.3) is 0 Å². The second-order valence-corrected chi connectivity index (χ2v) is 19.9. The van der Waals surface area contributed by atoms with Crippen molar-refractivity contribution in [1.29, 1.82) is 0 Å². The third-order valence-electron chi connectivity index (χ3n) is 13.0. The summed E-state index contributed by atoms with van der Waals surface area (Å²) in [6.07, 6.45) is 75.2. The summed E-state index contributed by atoms with van der Waals surface area (Å²) in [6.45, 7) is 6.45. The zero-order chi connectivity index (χ0) is 50.7. The van der Waals surface area contributed by atoms with Crippen molar-refractivity contribution in [3.8, 4) is 0 Å². The van der Waals surface area contributed by atoms with Crippen molar-refractivity contribution in [2.75, 3.05) is 13.2 Å². The van der Waals surface area contributed by atoms with Crippen molar-refractivity contribution < 1.29 is 28.6 Å². The molecule has 0 fully saturated rings. The number of allylic oxidation sites excluding steroid dienone is 12. The minimum absolute atomic E-state index is 0.103. The molecule has 0 aromatic rings. The first-order chi connectivity index (χ1) is 34.5. The largest absolute Gasteiger partial charge is 0.462 e. The lowest BCUT2D eigenvalue weighted by Crippen LogP contribution is -2.30. The first-order valence-electron chi connectivity index (χ1n) is 29.9. The predicted molar refractivity (Wildman–Crippen MR) is 302 cm³/mol. The molecular weight excluding hydrogens is 865 g/mol. The Morgan fingerprint density at radius 2 is 0.557 bits per heavy atom. The van der Waals surface area contributed by atoms with Crippen molar-refractivity contribution in [2.24, 2.45) is 0 Å². The van der Waals surface area contributed by atoms with Crippen molar-refractivity contribution in [2.45, 2.75) is 303 Å². The Morgan fingerprint density at radius 1 is 0.300 bits per heavy atom. The van der Waals surface area contributed by atoms with Crippen LogP contribution in [0.5, 0.6) is 0 Å². The molecule has 0 spiro atoms. The van der Waals surface area contributed by atoms with Crippen LogP contribution in [0.1, 0.15) is 297 Å². The van der Waals surface area contributed by atoms with Crippen molar-refractivity contribution >= 4 is 17.9 Å². The van der Waals surface area contributed by atoms with E-state index in [-0.39, 0.29) is 37.5 Å². The van der Waals surface area contributed by atoms with Gasteiger partial charge in [-0.15, -0.1) is 0 Å². The van der Waals surface area contributed by atoms with Gasteiger partial charge in [-0.1, -0.05) is 293 Å². The summed E-state index contributed by atoms with van der Waals surface area (Å²) in [4.78, 5) is 37.9. The van der Waals surface area contributed by atoms with E-state index < -0.39 is 6.10 Å². The van der Waals surface area contributed by atoms with Gasteiger partial charge in [-0.25, -0.2) is 0 Å². The normalized spacial score (nSPS) is 12.6. The Hall–Kier alpha value is -3.15. The molecule has 6 nitrogen and oxygen atoms in total. The monoisotopic (exact) mass is 977 g/mol. The van der Waals surface area contributed by atoms with Crippen LogP contribution in [0.3, 0.4) is 0 Å². The number of carbonyl (C=O) groups is 3. The van der Waals surface area contributed by atoms with Gasteiger partial charge in [0.15, 0.2) is 6.10 Å². The van der Waals surface area contributed by atoms with Gasteiger partial charge in [0.1, 0.15) is 13.2 Å². The molecule has 0 aliphatic carbocycles. The SMILES string of the molecule is CC/C=C\C/C=C\C/C=C\C/C=C\C/C=C\C/C=C\CCC(=O)OC(COC(=O)CCCCCCCCC)COC(=O)CCCCCCCCCCCCCCCCCCCCCCCCCCCC. The Morgan fingerprint density at radius 3 is 0.843 bits per heavy atom. The van der Waals surface area contributed by atoms with Crippen LogP contribution in [0.4, 0.5) is 0 Å². The fourth-order valence-electron chi connectivity index (χ4n) is 8.53. The van der Waals surface area contributed by atoms with Crippen LogP contribution in [0, 0.1) is 0 Å². The number of unbranched alkanes of at least 4 members (excludes halogenated alkanes) is 31. The first kappa shape index (κ1) is 66.9. The number of hydrogen-bond donors (Lipinski definition) is 0. The lowest BCUT2D eigenvalue weighted by atomic mass is 10.0. The summed E-state index contributed by atoms with van der Waals surface area (Å²) >= 11 is 0. The molecule has 70 heavy (non-hydrogen) atoms. The van der Waals surface area contributed by atoms with Gasteiger partial charge in [-0.3, -0.25) is 14.4 Å². The van der Waals surface area contributed by atoms with Crippen LogP contribution < -0.4 is 0 Å². The van der Waals surface area contributed by atoms with Crippen LogP contribution in [0.2, 0.25) is 0 Å². The summed E-state index contributed by atoms with van der Waals surface area (Å²) in [5.74, 6) is -0.985. The molecule has 1 atom stereocenters. The van der Waals surface area contributed by atoms with E-state index in [2.05, 4.69) is 87.6 Å². The highest BCUT2D eigenvalue weighted by atomic mass is 16.6. The van der Waals surface area contributed by atoms with Gasteiger partial charge in [0.25, 0.3) is 0 Å². The molecule has 0 amide bonds. The van der Waals surface area contributed by atoms with E-state index in [1.165, 1.54) is 173 Å². The molecule has 0 rings (SSSR count). The highest BCUT2D eigenvalue weighted by Gasteiger charge is 2.19. The van der Waals surface area contributed by atoms with Crippen LogP contribution in [-0.4, -0.2) is 37.2 Å². The number of hydrogen-bond acceptors (Lipinski definition) is 6. The third-order valence-corrected chi connectivity index (χ3v) is 13.0. The first-order valence-corrected chi connectivity index (χ1v) is 29.9. The fourth-order valence-corrected chi connectivity index (χ4v) is 8.53. The van der Waals surface area contributed by atoms with E-state index in [1.807, 2.05) is 6.08 Å². The summed E-state index contributed by atoms with van der Waals surface area (Å²) in [7, 11) is 0. The third kappa shape index (κ3) is 55.8. The lowest BCUT2D eigenvalue weighted by Gasteiger charge is -2.18. The summed E-state index contributed by atoms with van der Waals surface area (Å²) in [5, 5.41) is 0. The minimum Gasteiger partial charge on any atom is -0.462 e. The lowest BCUT2D eigenvalue weighted by molar-refractivity contribution is -0.166. The molecule has 0 aliphatic rings. The molecule has 0 aliphatic heterocycles. The average molecular weight is 978 g/mol. The standard InChI is InChI=1S/C64H112O6/c1-4-7-10-13-16-18-20-22-24-26-28-29-30-31-32-33-34-36-37-39-41-43-45-48-51-54-57-63(66)69-60-61(59-68-62(65)56-53-50-47-15-12-9-6-3)70-64(67)58-55-52-49-46-44-42-40-38-35-27-25-23-21-19-17-14-11-8-5-2/h8,11,17,19,23,25,35,38,42,44,49,52,61H,4-7,9-10,12-16,18,20-22,24,26-34,36-37,39-41,43,45-48,50-51,53-60H2,1-3H3/b11-8-,19-17-,25-23-,38-35-,44-42-,52-49-. The molecule has 0 N–H and O–H groups in total. The molecule has 0 heterocycles. The number of ether oxygens (including phenoxy) is 3. The zero-order valence-electron chi connectivity index (χ0n) is 46.3. The molecule has 0 saturated heterocycles. The van der Waals surface area contributed by atoms with Gasteiger partial charge >= 0.3 is 17.9 Å².